The topological polar surface area (TPSA) is 20.2 Å². The van der Waals surface area contributed by atoms with Crippen LogP contribution in [0.5, 0.6) is 0 Å². The Balaban J connectivity index is 2.32. The van der Waals surface area contributed by atoms with Gasteiger partial charge < -0.3 is 5.11 Å². The van der Waals surface area contributed by atoms with Crippen LogP contribution in [-0.2, 0) is 0 Å². The molecule has 1 fully saturated rings. The van der Waals surface area contributed by atoms with Crippen LogP contribution in [-0.4, -0.2) is 11.2 Å². The summed E-state index contributed by atoms with van der Waals surface area (Å²) in [4.78, 5) is 0. The summed E-state index contributed by atoms with van der Waals surface area (Å²) in [7, 11) is 0. The maximum Gasteiger partial charge on any atom is 0.0677 e. The summed E-state index contributed by atoms with van der Waals surface area (Å²) in [5, 5.41) is 9.75. The van der Waals surface area contributed by atoms with E-state index in [1.807, 2.05) is 0 Å². The zero-order valence-electron chi connectivity index (χ0n) is 8.34. The van der Waals surface area contributed by atoms with Crippen molar-refractivity contribution in [2.24, 2.45) is 5.92 Å². The van der Waals surface area contributed by atoms with E-state index in [0.717, 1.165) is 0 Å². The molecule has 74 valence electrons. The molecule has 0 aromatic heterocycles. The van der Waals surface area contributed by atoms with E-state index in [0.29, 0.717) is 12.3 Å². The van der Waals surface area contributed by atoms with Gasteiger partial charge in [0.25, 0.3) is 0 Å². The highest BCUT2D eigenvalue weighted by molar-refractivity contribution is 4.89. The fourth-order valence-corrected chi connectivity index (χ4v) is 2.16. The van der Waals surface area contributed by atoms with Crippen molar-refractivity contribution in [2.75, 3.05) is 0 Å². The minimum absolute atomic E-state index is 0.247. The molecule has 1 atom stereocenters. The van der Waals surface area contributed by atoms with Gasteiger partial charge in [0.15, 0.2) is 0 Å². The number of aliphatic hydroxyl groups is 1. The molecular formula is C12H20O. The molecule has 0 saturated heterocycles. The van der Waals surface area contributed by atoms with Crippen molar-refractivity contribution >= 4 is 0 Å². The molecular weight excluding hydrogens is 160 g/mol. The molecule has 0 spiro atoms. The van der Waals surface area contributed by atoms with Crippen molar-refractivity contribution in [3.63, 3.8) is 0 Å². The van der Waals surface area contributed by atoms with E-state index in [1.54, 1.807) is 0 Å². The first-order chi connectivity index (χ1) is 6.34. The van der Waals surface area contributed by atoms with Crippen LogP contribution < -0.4 is 0 Å². The Morgan fingerprint density at radius 3 is 2.23 bits per heavy atom. The largest absolute Gasteiger partial charge is 0.392 e. The predicted molar refractivity (Wildman–Crippen MR) is 55.3 cm³/mol. The predicted octanol–water partition coefficient (Wildman–Crippen LogP) is 2.73. The smallest absolute Gasteiger partial charge is 0.0677 e. The monoisotopic (exact) mass is 180 g/mol. The van der Waals surface area contributed by atoms with Gasteiger partial charge in [-0.1, -0.05) is 32.1 Å². The highest BCUT2D eigenvalue weighted by atomic mass is 16.3. The van der Waals surface area contributed by atoms with Gasteiger partial charge in [0.2, 0.25) is 0 Å². The summed E-state index contributed by atoms with van der Waals surface area (Å²) in [5.41, 5.74) is 0. The molecule has 1 rings (SSSR count). The maximum atomic E-state index is 9.75. The van der Waals surface area contributed by atoms with Gasteiger partial charge in [-0.25, -0.2) is 0 Å². The summed E-state index contributed by atoms with van der Waals surface area (Å²) in [6.45, 7) is 0. The minimum Gasteiger partial charge on any atom is -0.392 e. The summed E-state index contributed by atoms with van der Waals surface area (Å²) in [6, 6.07) is 0. The maximum absolute atomic E-state index is 9.75. The molecule has 0 radical (unpaired) electrons. The van der Waals surface area contributed by atoms with Gasteiger partial charge in [0.1, 0.15) is 0 Å². The molecule has 1 nitrogen and oxygen atoms in total. The molecule has 0 aromatic rings. The van der Waals surface area contributed by atoms with Crippen molar-refractivity contribution in [2.45, 2.75) is 57.5 Å². The van der Waals surface area contributed by atoms with Crippen molar-refractivity contribution < 1.29 is 5.11 Å². The van der Waals surface area contributed by atoms with E-state index in [1.165, 1.54) is 44.9 Å². The summed E-state index contributed by atoms with van der Waals surface area (Å²) in [5.74, 6) is 3.02. The van der Waals surface area contributed by atoms with Gasteiger partial charge in [0.05, 0.1) is 6.10 Å². The SMILES string of the molecule is C#CCC(O)C1CCCCCCC1. The number of terminal acetylenes is 1. The molecule has 1 N–H and O–H groups in total. The highest BCUT2D eigenvalue weighted by Crippen LogP contribution is 2.25. The molecule has 1 unspecified atom stereocenters. The molecule has 1 saturated carbocycles. The van der Waals surface area contributed by atoms with Crippen LogP contribution in [0.1, 0.15) is 51.4 Å². The second-order valence-electron chi connectivity index (χ2n) is 4.08. The van der Waals surface area contributed by atoms with Gasteiger partial charge in [-0.15, -0.1) is 12.3 Å². The first kappa shape index (κ1) is 10.6. The van der Waals surface area contributed by atoms with E-state index in [-0.39, 0.29) is 6.10 Å². The second kappa shape index (κ2) is 6.05. The van der Waals surface area contributed by atoms with E-state index in [4.69, 9.17) is 6.42 Å². The third kappa shape index (κ3) is 3.83. The number of aliphatic hydroxyl groups excluding tert-OH is 1. The average Bonchev–Trinajstić information content (AvgIpc) is 2.03. The molecule has 0 bridgehead atoms. The van der Waals surface area contributed by atoms with E-state index >= 15 is 0 Å². The van der Waals surface area contributed by atoms with Crippen LogP contribution in [0.2, 0.25) is 0 Å². The third-order valence-corrected chi connectivity index (χ3v) is 3.02. The van der Waals surface area contributed by atoms with Crippen molar-refractivity contribution in [3.05, 3.63) is 0 Å². The van der Waals surface area contributed by atoms with E-state index in [2.05, 4.69) is 5.92 Å². The third-order valence-electron chi connectivity index (χ3n) is 3.02. The fourth-order valence-electron chi connectivity index (χ4n) is 2.16. The standard InChI is InChI=1S/C12H20O/c1-2-8-12(13)11-9-6-4-3-5-7-10-11/h1,11-13H,3-10H2. The van der Waals surface area contributed by atoms with Crippen LogP contribution in [0.25, 0.3) is 0 Å². The average molecular weight is 180 g/mol. The summed E-state index contributed by atoms with van der Waals surface area (Å²) in [6.07, 6.45) is 14.4. The van der Waals surface area contributed by atoms with Gasteiger partial charge in [-0.2, -0.15) is 0 Å². The molecule has 1 aliphatic carbocycles. The van der Waals surface area contributed by atoms with Crippen molar-refractivity contribution in [1.82, 2.24) is 0 Å². The van der Waals surface area contributed by atoms with Gasteiger partial charge in [-0.05, 0) is 18.8 Å². The van der Waals surface area contributed by atoms with Crippen LogP contribution in [0.4, 0.5) is 0 Å². The molecule has 0 aliphatic heterocycles. The second-order valence-corrected chi connectivity index (χ2v) is 4.08. The molecule has 1 aliphatic rings. The lowest BCUT2D eigenvalue weighted by Crippen LogP contribution is -2.20. The lowest BCUT2D eigenvalue weighted by atomic mass is 9.86. The molecule has 1 heteroatoms. The van der Waals surface area contributed by atoms with Crippen molar-refractivity contribution in [3.8, 4) is 12.3 Å². The first-order valence-corrected chi connectivity index (χ1v) is 5.46. The lowest BCUT2D eigenvalue weighted by molar-refractivity contribution is 0.0956. The Bertz CT molecular complexity index is 160. The zero-order chi connectivity index (χ0) is 9.52. The van der Waals surface area contributed by atoms with Gasteiger partial charge >= 0.3 is 0 Å². The molecule has 0 heterocycles. The lowest BCUT2D eigenvalue weighted by Gasteiger charge is -2.23. The van der Waals surface area contributed by atoms with E-state index in [9.17, 15) is 5.11 Å². The van der Waals surface area contributed by atoms with Gasteiger partial charge in [0, 0.05) is 6.42 Å². The van der Waals surface area contributed by atoms with Crippen LogP contribution in [0.3, 0.4) is 0 Å². The van der Waals surface area contributed by atoms with Crippen LogP contribution >= 0.6 is 0 Å². The van der Waals surface area contributed by atoms with Crippen molar-refractivity contribution in [1.29, 1.82) is 0 Å². The number of hydrogen-bond donors (Lipinski definition) is 1. The summed E-state index contributed by atoms with van der Waals surface area (Å²) >= 11 is 0. The Morgan fingerprint density at radius 2 is 1.69 bits per heavy atom. The molecule has 0 amide bonds. The Hall–Kier alpha value is -0.480. The van der Waals surface area contributed by atoms with Crippen LogP contribution in [0.15, 0.2) is 0 Å². The number of rotatable bonds is 2. The normalized spacial score (nSPS) is 22.8. The molecule has 13 heavy (non-hydrogen) atoms. The quantitative estimate of drug-likeness (QED) is 0.648. The Labute approximate surface area is 81.5 Å². The number of hydrogen-bond acceptors (Lipinski definition) is 1. The molecule has 0 aromatic carbocycles. The Morgan fingerprint density at radius 1 is 1.15 bits per heavy atom. The van der Waals surface area contributed by atoms with E-state index < -0.39 is 0 Å². The zero-order valence-corrected chi connectivity index (χ0v) is 8.34. The highest BCUT2D eigenvalue weighted by Gasteiger charge is 2.18. The summed E-state index contributed by atoms with van der Waals surface area (Å²) < 4.78 is 0. The first-order valence-electron chi connectivity index (χ1n) is 5.46. The van der Waals surface area contributed by atoms with Gasteiger partial charge in [-0.3, -0.25) is 0 Å². The minimum atomic E-state index is -0.247. The fraction of sp³-hybridized carbons (Fsp3) is 0.833. The Kier molecular flexibility index (Phi) is 4.93. The van der Waals surface area contributed by atoms with Crippen LogP contribution in [0, 0.1) is 18.3 Å².